The zero-order valence-corrected chi connectivity index (χ0v) is 20.9. The van der Waals surface area contributed by atoms with Gasteiger partial charge in [-0.3, -0.25) is 24.1 Å². The van der Waals surface area contributed by atoms with Crippen molar-refractivity contribution >= 4 is 50.4 Å². The van der Waals surface area contributed by atoms with Gasteiger partial charge < -0.3 is 15.0 Å². The van der Waals surface area contributed by atoms with Gasteiger partial charge >= 0.3 is 0 Å². The highest BCUT2D eigenvalue weighted by molar-refractivity contribution is 7.84. The number of imidazole rings is 1. The van der Waals surface area contributed by atoms with Crippen LogP contribution in [0.15, 0.2) is 77.8 Å². The van der Waals surface area contributed by atoms with Gasteiger partial charge in [-0.1, -0.05) is 36.4 Å². The topological polar surface area (TPSA) is 126 Å². The van der Waals surface area contributed by atoms with Crippen molar-refractivity contribution in [1.82, 2.24) is 20.3 Å². The van der Waals surface area contributed by atoms with E-state index in [1.807, 2.05) is 36.4 Å². The molecule has 0 radical (unpaired) electrons. The van der Waals surface area contributed by atoms with Crippen LogP contribution in [0.2, 0.25) is 0 Å². The predicted octanol–water partition coefficient (Wildman–Crippen LogP) is 4.04. The molecular formula is C27H23N5O4S. The van der Waals surface area contributed by atoms with Crippen LogP contribution < -0.4 is 15.4 Å². The van der Waals surface area contributed by atoms with Gasteiger partial charge in [0.05, 0.1) is 12.6 Å². The van der Waals surface area contributed by atoms with Crippen LogP contribution in [-0.2, 0) is 17.3 Å². The number of carbonyl (C=O) groups is 2. The summed E-state index contributed by atoms with van der Waals surface area (Å²) in [5.74, 6) is -0.284. The van der Waals surface area contributed by atoms with Gasteiger partial charge in [0.15, 0.2) is 0 Å². The average Bonchev–Trinajstić information content (AvgIpc) is 3.33. The van der Waals surface area contributed by atoms with Crippen LogP contribution in [0.3, 0.4) is 0 Å². The van der Waals surface area contributed by atoms with E-state index >= 15 is 0 Å². The maximum absolute atomic E-state index is 13.2. The fraction of sp³-hybridized carbons (Fsp3) is 0.111. The number of aromatic amines is 1. The zero-order chi connectivity index (χ0) is 25.9. The molecule has 0 bridgehead atoms. The largest absolute Gasteiger partial charge is 0.496 e. The third-order valence-corrected chi connectivity index (χ3v) is 6.80. The number of anilines is 1. The van der Waals surface area contributed by atoms with Crippen molar-refractivity contribution < 1.29 is 18.5 Å². The highest BCUT2D eigenvalue weighted by atomic mass is 32.2. The van der Waals surface area contributed by atoms with Crippen LogP contribution in [0, 0.1) is 0 Å². The molecule has 5 aromatic rings. The number of rotatable bonds is 7. The Balaban J connectivity index is 1.38. The number of nitrogens with one attached hydrogen (secondary N) is 3. The Kier molecular flexibility index (Phi) is 6.65. The predicted molar refractivity (Wildman–Crippen MR) is 142 cm³/mol. The summed E-state index contributed by atoms with van der Waals surface area (Å²) < 4.78 is 17.0. The molecule has 2 amide bonds. The lowest BCUT2D eigenvalue weighted by atomic mass is 10.1. The Morgan fingerprint density at radius 1 is 1.00 bits per heavy atom. The average molecular weight is 514 g/mol. The Labute approximate surface area is 214 Å². The quantitative estimate of drug-likeness (QED) is 0.302. The van der Waals surface area contributed by atoms with E-state index in [0.29, 0.717) is 21.7 Å². The monoisotopic (exact) mass is 513 g/mol. The number of fused-ring (bicyclic) bond motifs is 2. The molecule has 0 fully saturated rings. The molecule has 0 aliphatic heterocycles. The Morgan fingerprint density at radius 2 is 1.76 bits per heavy atom. The first-order valence-corrected chi connectivity index (χ1v) is 12.9. The van der Waals surface area contributed by atoms with E-state index in [4.69, 9.17) is 4.74 Å². The number of ether oxygens (including phenoxy) is 1. The summed E-state index contributed by atoms with van der Waals surface area (Å²) in [6, 6.07) is 19.9. The van der Waals surface area contributed by atoms with Gasteiger partial charge in [-0.05, 0) is 41.3 Å². The van der Waals surface area contributed by atoms with Crippen LogP contribution in [0.4, 0.5) is 5.95 Å². The van der Waals surface area contributed by atoms with Crippen molar-refractivity contribution in [3.05, 3.63) is 89.7 Å². The van der Waals surface area contributed by atoms with Gasteiger partial charge in [-0.2, -0.15) is 0 Å². The second kappa shape index (κ2) is 10.2. The van der Waals surface area contributed by atoms with Gasteiger partial charge in [0, 0.05) is 40.1 Å². The summed E-state index contributed by atoms with van der Waals surface area (Å²) in [4.78, 5) is 38.5. The summed E-state index contributed by atoms with van der Waals surface area (Å²) in [5.41, 5.74) is 2.25. The van der Waals surface area contributed by atoms with Crippen molar-refractivity contribution in [3.63, 3.8) is 0 Å². The summed E-state index contributed by atoms with van der Waals surface area (Å²) in [6.07, 6.45) is 3.26. The highest BCUT2D eigenvalue weighted by Crippen LogP contribution is 2.28. The van der Waals surface area contributed by atoms with Gasteiger partial charge in [0.1, 0.15) is 22.5 Å². The third kappa shape index (κ3) is 5.05. The molecule has 37 heavy (non-hydrogen) atoms. The van der Waals surface area contributed by atoms with Crippen molar-refractivity contribution in [1.29, 1.82) is 0 Å². The van der Waals surface area contributed by atoms with E-state index in [1.54, 1.807) is 42.8 Å². The summed E-state index contributed by atoms with van der Waals surface area (Å²) in [6.45, 7) is 0.261. The van der Waals surface area contributed by atoms with E-state index in [2.05, 4.69) is 25.6 Å². The smallest absolute Gasteiger partial charge is 0.276 e. The van der Waals surface area contributed by atoms with Crippen LogP contribution in [0.25, 0.3) is 21.8 Å². The van der Waals surface area contributed by atoms with Crippen LogP contribution in [0.1, 0.15) is 26.4 Å². The molecule has 2 aromatic heterocycles. The molecule has 2 heterocycles. The van der Waals surface area contributed by atoms with E-state index in [1.165, 1.54) is 7.11 Å². The molecule has 3 aromatic carbocycles. The molecule has 0 aliphatic carbocycles. The first-order valence-electron chi connectivity index (χ1n) is 11.4. The number of hydrogen-bond donors (Lipinski definition) is 3. The van der Waals surface area contributed by atoms with E-state index in [9.17, 15) is 13.8 Å². The molecule has 186 valence electrons. The number of H-pyrrole nitrogens is 1. The molecule has 0 spiro atoms. The fourth-order valence-electron chi connectivity index (χ4n) is 3.95. The number of benzene rings is 3. The highest BCUT2D eigenvalue weighted by Gasteiger charge is 2.20. The van der Waals surface area contributed by atoms with E-state index in [0.717, 1.165) is 16.3 Å². The Hall–Kier alpha value is -4.57. The number of methoxy groups -OCH3 is 1. The minimum absolute atomic E-state index is 0.181. The first kappa shape index (κ1) is 24.1. The van der Waals surface area contributed by atoms with Crippen molar-refractivity contribution in [2.75, 3.05) is 18.7 Å². The number of hydrogen-bond acceptors (Lipinski definition) is 6. The lowest BCUT2D eigenvalue weighted by Crippen LogP contribution is -2.23. The third-order valence-electron chi connectivity index (χ3n) is 5.87. The molecular weight excluding hydrogens is 490 g/mol. The van der Waals surface area contributed by atoms with Crippen LogP contribution in [-0.4, -0.2) is 44.3 Å². The minimum atomic E-state index is -1.07. The SMILES string of the molecule is COc1ccc2[nH]c(NC(=O)c3cc4ccccc4cn3)nc2c1C(=O)NCc1ccc(S(C)=O)cc1. The minimum Gasteiger partial charge on any atom is -0.496 e. The van der Waals surface area contributed by atoms with E-state index < -0.39 is 16.7 Å². The molecule has 10 heteroatoms. The van der Waals surface area contributed by atoms with Gasteiger partial charge in [-0.15, -0.1) is 0 Å². The standard InChI is InChI=1S/C27H23N5O4S/c1-36-22-12-11-20-24(23(22)26(34)29-14-16-7-9-19(10-8-16)37(2)35)31-27(30-20)32-25(33)21-13-17-5-3-4-6-18(17)15-28-21/h3-13,15H,14H2,1-2H3,(H,29,34)(H2,30,31,32,33). The van der Waals surface area contributed by atoms with Gasteiger partial charge in [0.2, 0.25) is 5.95 Å². The zero-order valence-electron chi connectivity index (χ0n) is 20.1. The maximum atomic E-state index is 13.2. The summed E-state index contributed by atoms with van der Waals surface area (Å²) >= 11 is 0. The van der Waals surface area contributed by atoms with Crippen molar-refractivity contribution in [2.45, 2.75) is 11.4 Å². The lowest BCUT2D eigenvalue weighted by Gasteiger charge is -2.10. The molecule has 1 atom stereocenters. The summed E-state index contributed by atoms with van der Waals surface area (Å²) in [5, 5.41) is 7.43. The molecule has 0 saturated carbocycles. The second-order valence-corrected chi connectivity index (χ2v) is 9.66. The molecule has 9 nitrogen and oxygen atoms in total. The molecule has 3 N–H and O–H groups in total. The van der Waals surface area contributed by atoms with Gasteiger partial charge in [0.25, 0.3) is 11.8 Å². The normalized spacial score (nSPS) is 11.8. The summed E-state index contributed by atoms with van der Waals surface area (Å²) in [7, 11) is 0.404. The number of pyridine rings is 1. The van der Waals surface area contributed by atoms with Gasteiger partial charge in [-0.25, -0.2) is 4.98 Å². The number of aromatic nitrogens is 3. The van der Waals surface area contributed by atoms with Crippen LogP contribution >= 0.6 is 0 Å². The van der Waals surface area contributed by atoms with Crippen LogP contribution in [0.5, 0.6) is 5.75 Å². The maximum Gasteiger partial charge on any atom is 0.276 e. The Bertz CT molecular complexity index is 1660. The van der Waals surface area contributed by atoms with E-state index in [-0.39, 0.29) is 29.7 Å². The number of amides is 2. The second-order valence-electron chi connectivity index (χ2n) is 8.28. The van der Waals surface area contributed by atoms with Crippen molar-refractivity contribution in [3.8, 4) is 5.75 Å². The number of nitrogens with zero attached hydrogens (tertiary/aromatic N) is 2. The van der Waals surface area contributed by atoms with Crippen molar-refractivity contribution in [2.24, 2.45) is 0 Å². The molecule has 0 saturated heterocycles. The first-order chi connectivity index (χ1) is 17.9. The fourth-order valence-corrected chi connectivity index (χ4v) is 4.47. The lowest BCUT2D eigenvalue weighted by molar-refractivity contribution is 0.0948. The molecule has 0 aliphatic rings. The molecule has 5 rings (SSSR count). The Morgan fingerprint density at radius 3 is 2.49 bits per heavy atom. The number of carbonyl (C=O) groups excluding carboxylic acids is 2. The molecule has 1 unspecified atom stereocenters.